The summed E-state index contributed by atoms with van der Waals surface area (Å²) in [5.41, 5.74) is 4.77. The number of ether oxygens (including phenoxy) is 2. The largest absolute Gasteiger partial charge is 0.493 e. The van der Waals surface area contributed by atoms with Gasteiger partial charge in [0.2, 0.25) is 0 Å². The Morgan fingerprint density at radius 3 is 2.69 bits per heavy atom. The summed E-state index contributed by atoms with van der Waals surface area (Å²) in [4.78, 5) is 17.5. The lowest BCUT2D eigenvalue weighted by Gasteiger charge is -2.31. The van der Waals surface area contributed by atoms with Gasteiger partial charge in [-0.25, -0.2) is 4.79 Å². The van der Waals surface area contributed by atoms with Crippen molar-refractivity contribution in [1.29, 1.82) is 0 Å². The van der Waals surface area contributed by atoms with Gasteiger partial charge in [0, 0.05) is 29.1 Å². The highest BCUT2D eigenvalue weighted by Gasteiger charge is 2.33. The number of aromatic nitrogens is 1. The van der Waals surface area contributed by atoms with Crippen molar-refractivity contribution in [2.75, 3.05) is 6.61 Å². The molecule has 0 spiro atoms. The molecule has 1 atom stereocenters. The van der Waals surface area contributed by atoms with Gasteiger partial charge in [0.15, 0.2) is 6.10 Å². The van der Waals surface area contributed by atoms with Crippen LogP contribution < -0.4 is 15.2 Å². The normalized spacial score (nSPS) is 15.4. The second kappa shape index (κ2) is 9.82. The van der Waals surface area contributed by atoms with Crippen LogP contribution in [0.3, 0.4) is 0 Å². The third kappa shape index (κ3) is 4.57. The zero-order valence-corrected chi connectivity index (χ0v) is 21.6. The van der Waals surface area contributed by atoms with Crippen molar-refractivity contribution in [3.05, 3.63) is 57.6 Å². The molecule has 1 unspecified atom stereocenters. The fourth-order valence-electron chi connectivity index (χ4n) is 5.37. The Hall–Kier alpha value is -3.18. The van der Waals surface area contributed by atoms with Crippen molar-refractivity contribution >= 4 is 29.0 Å². The first-order valence-corrected chi connectivity index (χ1v) is 12.4. The van der Waals surface area contributed by atoms with E-state index in [4.69, 9.17) is 14.5 Å². The van der Waals surface area contributed by atoms with Gasteiger partial charge >= 0.3 is 5.97 Å². The number of carboxylic acid groups (broad SMARTS) is 1. The monoisotopic (exact) mass is 473 g/mol. The van der Waals surface area contributed by atoms with E-state index in [1.54, 1.807) is 0 Å². The standard InChI is InChI=1S/C30H35NO4/c1-7-14-30(5,6)35-28(29(32)33)24-18(4)17-19(8-2)21(9-3)26(24)22-10-11-23-25-20(13-16-34-23)12-15-31-27(22)25/h8-12,15,17,28H,7,13-14,16H2,1-6H3,(H,32,33). The summed E-state index contributed by atoms with van der Waals surface area (Å²) in [7, 11) is 0. The first-order valence-electron chi connectivity index (χ1n) is 12.4. The highest BCUT2D eigenvalue weighted by Crippen LogP contribution is 2.40. The first-order chi connectivity index (χ1) is 16.7. The van der Waals surface area contributed by atoms with Crippen LogP contribution in [0.15, 0.2) is 30.5 Å². The van der Waals surface area contributed by atoms with Gasteiger partial charge in [0.05, 0.1) is 17.7 Å². The minimum atomic E-state index is -1.11. The van der Waals surface area contributed by atoms with E-state index >= 15 is 0 Å². The highest BCUT2D eigenvalue weighted by molar-refractivity contribution is 6.01. The summed E-state index contributed by atoms with van der Waals surface area (Å²) in [6, 6.07) is 8.10. The molecule has 1 aliphatic rings. The molecule has 2 heterocycles. The van der Waals surface area contributed by atoms with Crippen molar-refractivity contribution in [2.45, 2.75) is 72.5 Å². The number of carbonyl (C=O) groups is 1. The molecule has 1 aromatic heterocycles. The third-order valence-corrected chi connectivity index (χ3v) is 6.86. The molecule has 0 amide bonds. The van der Waals surface area contributed by atoms with E-state index in [0.717, 1.165) is 63.0 Å². The SMILES string of the molecule is CC=c1cc(C)c(C(OC(C)(C)CCC)C(=O)O)c(-c2ccc3c4c(ccnc24)CCO3)c1=CC. The Balaban J connectivity index is 2.11. The zero-order valence-electron chi connectivity index (χ0n) is 21.6. The topological polar surface area (TPSA) is 68.7 Å². The highest BCUT2D eigenvalue weighted by atomic mass is 16.5. The van der Waals surface area contributed by atoms with Gasteiger partial charge in [0.25, 0.3) is 0 Å². The second-order valence-electron chi connectivity index (χ2n) is 9.81. The molecular formula is C30H35NO4. The fraction of sp³-hybridized carbons (Fsp3) is 0.400. The number of carboxylic acids is 1. The van der Waals surface area contributed by atoms with Crippen LogP contribution >= 0.6 is 0 Å². The number of pyridine rings is 1. The maximum Gasteiger partial charge on any atom is 0.337 e. The first kappa shape index (κ1) is 24.9. The van der Waals surface area contributed by atoms with Crippen LogP contribution in [0.2, 0.25) is 0 Å². The Labute approximate surface area is 207 Å². The number of nitrogens with zero attached hydrogens (tertiary/aromatic N) is 1. The number of aliphatic carboxylic acids is 1. The Kier molecular flexibility index (Phi) is 7.00. The van der Waals surface area contributed by atoms with E-state index in [1.807, 2.05) is 59.0 Å². The quantitative estimate of drug-likeness (QED) is 0.493. The molecule has 1 aliphatic heterocycles. The number of hydrogen-bond acceptors (Lipinski definition) is 4. The van der Waals surface area contributed by atoms with Crippen LogP contribution in [0.25, 0.3) is 34.2 Å². The van der Waals surface area contributed by atoms with E-state index < -0.39 is 17.7 Å². The Bertz CT molecular complexity index is 1390. The predicted molar refractivity (Wildman–Crippen MR) is 141 cm³/mol. The van der Waals surface area contributed by atoms with Crippen LogP contribution in [0.5, 0.6) is 5.75 Å². The minimum absolute atomic E-state index is 0.584. The molecule has 4 rings (SSSR count). The molecule has 0 radical (unpaired) electrons. The maximum atomic E-state index is 12.7. The van der Waals surface area contributed by atoms with Crippen molar-refractivity contribution in [2.24, 2.45) is 0 Å². The lowest BCUT2D eigenvalue weighted by atomic mass is 9.86. The van der Waals surface area contributed by atoms with Gasteiger partial charge in [-0.3, -0.25) is 4.98 Å². The summed E-state index contributed by atoms with van der Waals surface area (Å²) in [6.45, 7) is 12.6. The molecule has 3 aromatic rings. The van der Waals surface area contributed by atoms with Crippen molar-refractivity contribution in [3.63, 3.8) is 0 Å². The summed E-state index contributed by atoms with van der Waals surface area (Å²) in [5.74, 6) is -0.167. The van der Waals surface area contributed by atoms with Gasteiger partial charge in [-0.1, -0.05) is 31.6 Å². The predicted octanol–water partition coefficient (Wildman–Crippen LogP) is 5.47. The van der Waals surface area contributed by atoms with Gasteiger partial charge < -0.3 is 14.6 Å². The molecule has 2 aromatic carbocycles. The van der Waals surface area contributed by atoms with Gasteiger partial charge in [-0.2, -0.15) is 0 Å². The maximum absolute atomic E-state index is 12.7. The molecule has 0 aliphatic carbocycles. The smallest absolute Gasteiger partial charge is 0.337 e. The Morgan fingerprint density at radius 2 is 2.03 bits per heavy atom. The average Bonchev–Trinajstić information content (AvgIpc) is 2.82. The summed E-state index contributed by atoms with van der Waals surface area (Å²) in [6.07, 6.45) is 7.33. The Morgan fingerprint density at radius 1 is 1.26 bits per heavy atom. The van der Waals surface area contributed by atoms with Gasteiger partial charge in [0.1, 0.15) is 5.75 Å². The minimum Gasteiger partial charge on any atom is -0.493 e. The molecule has 5 nitrogen and oxygen atoms in total. The second-order valence-corrected chi connectivity index (χ2v) is 9.81. The van der Waals surface area contributed by atoms with Crippen LogP contribution in [0.4, 0.5) is 0 Å². The summed E-state index contributed by atoms with van der Waals surface area (Å²) >= 11 is 0. The fourth-order valence-corrected chi connectivity index (χ4v) is 5.37. The number of benzene rings is 2. The molecule has 0 saturated heterocycles. The van der Waals surface area contributed by atoms with E-state index in [9.17, 15) is 9.90 Å². The zero-order chi connectivity index (χ0) is 25.3. The van der Waals surface area contributed by atoms with Crippen molar-refractivity contribution in [1.82, 2.24) is 4.98 Å². The number of rotatable bonds is 7. The summed E-state index contributed by atoms with van der Waals surface area (Å²) < 4.78 is 12.3. The third-order valence-electron chi connectivity index (χ3n) is 6.86. The molecule has 1 N–H and O–H groups in total. The molecule has 0 fully saturated rings. The number of aryl methyl sites for hydroxylation is 1. The summed E-state index contributed by atoms with van der Waals surface area (Å²) in [5, 5.41) is 13.5. The van der Waals surface area contributed by atoms with Crippen molar-refractivity contribution in [3.8, 4) is 16.9 Å². The molecule has 184 valence electrons. The van der Waals surface area contributed by atoms with Crippen LogP contribution in [-0.4, -0.2) is 28.3 Å². The molecule has 0 saturated carbocycles. The lowest BCUT2D eigenvalue weighted by molar-refractivity contribution is -0.163. The molecule has 35 heavy (non-hydrogen) atoms. The van der Waals surface area contributed by atoms with Crippen LogP contribution in [0, 0.1) is 6.92 Å². The van der Waals surface area contributed by atoms with E-state index in [1.165, 1.54) is 5.56 Å². The van der Waals surface area contributed by atoms with Crippen LogP contribution in [0.1, 0.15) is 70.3 Å². The average molecular weight is 474 g/mol. The van der Waals surface area contributed by atoms with E-state index in [-0.39, 0.29) is 0 Å². The van der Waals surface area contributed by atoms with Gasteiger partial charge in [-0.15, -0.1) is 0 Å². The lowest BCUT2D eigenvalue weighted by Crippen LogP contribution is -2.35. The van der Waals surface area contributed by atoms with Crippen molar-refractivity contribution < 1.29 is 19.4 Å². The molecule has 0 bridgehead atoms. The van der Waals surface area contributed by atoms with E-state index in [0.29, 0.717) is 12.2 Å². The van der Waals surface area contributed by atoms with Gasteiger partial charge in [-0.05, 0) is 86.4 Å². The van der Waals surface area contributed by atoms with Crippen LogP contribution in [-0.2, 0) is 16.0 Å². The molecule has 5 heteroatoms. The molecular weight excluding hydrogens is 438 g/mol. The number of hydrogen-bond donors (Lipinski definition) is 1. The van der Waals surface area contributed by atoms with E-state index in [2.05, 4.69) is 25.1 Å².